The number of carboxylic acid groups (broad SMARTS) is 2. The summed E-state index contributed by atoms with van der Waals surface area (Å²) in [6.45, 7) is 4.75. The van der Waals surface area contributed by atoms with Gasteiger partial charge in [0.05, 0.1) is 5.56 Å². The number of carbonyl (C=O) groups excluding carboxylic acids is 2. The fourth-order valence-corrected chi connectivity index (χ4v) is 2.23. The average Bonchev–Trinajstić information content (AvgIpc) is 2.51. The predicted octanol–water partition coefficient (Wildman–Crippen LogP) is 0.657. The van der Waals surface area contributed by atoms with Gasteiger partial charge in [0.2, 0.25) is 11.8 Å². The molecular formula is C17H22N2O6. The first-order chi connectivity index (χ1) is 11.6. The number of nitrogens with one attached hydrogen (secondary N) is 2. The Morgan fingerprint density at radius 1 is 1.00 bits per heavy atom. The molecule has 0 bridgehead atoms. The number of benzene rings is 1. The molecule has 8 heteroatoms. The maximum Gasteiger partial charge on any atom is 0.335 e. The molecular weight excluding hydrogens is 328 g/mol. The highest BCUT2D eigenvalue weighted by atomic mass is 16.4. The third-order valence-electron chi connectivity index (χ3n) is 3.56. The Balaban J connectivity index is 2.85. The van der Waals surface area contributed by atoms with E-state index < -0.39 is 29.9 Å². The van der Waals surface area contributed by atoms with Crippen molar-refractivity contribution in [2.24, 2.45) is 5.92 Å². The molecule has 1 aromatic carbocycles. The van der Waals surface area contributed by atoms with Crippen LogP contribution >= 0.6 is 0 Å². The van der Waals surface area contributed by atoms with Crippen LogP contribution in [-0.2, 0) is 20.8 Å². The molecule has 1 rings (SSSR count). The number of hydrogen-bond donors (Lipinski definition) is 4. The average molecular weight is 350 g/mol. The summed E-state index contributed by atoms with van der Waals surface area (Å²) >= 11 is 0. The Morgan fingerprint density at radius 2 is 1.56 bits per heavy atom. The monoisotopic (exact) mass is 350 g/mol. The molecule has 2 amide bonds. The highest BCUT2D eigenvalue weighted by Gasteiger charge is 2.28. The molecule has 0 spiro atoms. The van der Waals surface area contributed by atoms with Gasteiger partial charge in [0, 0.05) is 13.3 Å². The van der Waals surface area contributed by atoms with Gasteiger partial charge >= 0.3 is 11.9 Å². The first kappa shape index (κ1) is 20.1. The summed E-state index contributed by atoms with van der Waals surface area (Å²) in [5, 5.41) is 23.1. The lowest BCUT2D eigenvalue weighted by Crippen LogP contribution is -2.53. The van der Waals surface area contributed by atoms with Gasteiger partial charge in [0.1, 0.15) is 12.1 Å². The Kier molecular flexibility index (Phi) is 7.10. The van der Waals surface area contributed by atoms with E-state index in [1.807, 2.05) is 0 Å². The summed E-state index contributed by atoms with van der Waals surface area (Å²) in [4.78, 5) is 45.8. The lowest BCUT2D eigenvalue weighted by Gasteiger charge is -2.23. The number of aliphatic carboxylic acids is 1. The van der Waals surface area contributed by atoms with Crippen molar-refractivity contribution in [2.75, 3.05) is 0 Å². The van der Waals surface area contributed by atoms with E-state index in [4.69, 9.17) is 5.11 Å². The molecule has 2 atom stereocenters. The van der Waals surface area contributed by atoms with Gasteiger partial charge < -0.3 is 20.8 Å². The van der Waals surface area contributed by atoms with E-state index in [1.54, 1.807) is 13.8 Å². The van der Waals surface area contributed by atoms with Crippen molar-refractivity contribution in [2.45, 2.75) is 39.3 Å². The topological polar surface area (TPSA) is 133 Å². The minimum Gasteiger partial charge on any atom is -0.480 e. The Bertz CT molecular complexity index is 654. The molecule has 0 heterocycles. The standard InChI is InChI=1S/C17H22N2O6/c1-9(2)14(18-10(3)20)15(21)19-13(17(24)25)8-11-4-6-12(7-5-11)16(22)23/h4-7,9,13-14H,8H2,1-3H3,(H,18,20)(H,19,21)(H,22,23)(H,24,25)/t13-,14-/m1/s1. The molecule has 0 aliphatic heterocycles. The summed E-state index contributed by atoms with van der Waals surface area (Å²) < 4.78 is 0. The van der Waals surface area contributed by atoms with Crippen LogP contribution in [0.1, 0.15) is 36.7 Å². The maximum atomic E-state index is 12.3. The second-order valence-corrected chi connectivity index (χ2v) is 6.03. The molecule has 136 valence electrons. The van der Waals surface area contributed by atoms with Crippen LogP contribution in [0.3, 0.4) is 0 Å². The van der Waals surface area contributed by atoms with Gasteiger partial charge in [0.25, 0.3) is 0 Å². The van der Waals surface area contributed by atoms with E-state index in [1.165, 1.54) is 31.2 Å². The predicted molar refractivity (Wildman–Crippen MR) is 89.1 cm³/mol. The Morgan fingerprint density at radius 3 is 1.96 bits per heavy atom. The van der Waals surface area contributed by atoms with Gasteiger partial charge in [-0.15, -0.1) is 0 Å². The summed E-state index contributed by atoms with van der Waals surface area (Å²) in [5.74, 6) is -3.48. The normalized spacial score (nSPS) is 13.0. The summed E-state index contributed by atoms with van der Waals surface area (Å²) in [6, 6.07) is 3.70. The minimum absolute atomic E-state index is 0.00808. The lowest BCUT2D eigenvalue weighted by molar-refractivity contribution is -0.142. The third kappa shape index (κ3) is 6.25. The van der Waals surface area contributed by atoms with E-state index >= 15 is 0 Å². The van der Waals surface area contributed by atoms with Crippen molar-refractivity contribution in [3.05, 3.63) is 35.4 Å². The maximum absolute atomic E-state index is 12.3. The molecule has 0 aromatic heterocycles. The van der Waals surface area contributed by atoms with Crippen LogP contribution in [0, 0.1) is 5.92 Å². The first-order valence-electron chi connectivity index (χ1n) is 7.74. The lowest BCUT2D eigenvalue weighted by atomic mass is 10.0. The minimum atomic E-state index is -1.22. The molecule has 0 saturated heterocycles. The summed E-state index contributed by atoms with van der Waals surface area (Å²) in [6.07, 6.45) is -0.00808. The van der Waals surface area contributed by atoms with Gasteiger partial charge in [-0.3, -0.25) is 9.59 Å². The zero-order valence-corrected chi connectivity index (χ0v) is 14.3. The van der Waals surface area contributed by atoms with Crippen LogP contribution in [-0.4, -0.2) is 46.0 Å². The van der Waals surface area contributed by atoms with Crippen LogP contribution in [0.15, 0.2) is 24.3 Å². The number of hydrogen-bond acceptors (Lipinski definition) is 4. The van der Waals surface area contributed by atoms with Crippen LogP contribution in [0.4, 0.5) is 0 Å². The molecule has 0 fully saturated rings. The zero-order valence-electron chi connectivity index (χ0n) is 14.3. The second kappa shape index (κ2) is 8.81. The molecule has 0 aliphatic carbocycles. The van der Waals surface area contributed by atoms with Gasteiger partial charge in [-0.1, -0.05) is 26.0 Å². The first-order valence-corrected chi connectivity index (χ1v) is 7.74. The van der Waals surface area contributed by atoms with Gasteiger partial charge in [-0.2, -0.15) is 0 Å². The molecule has 0 aliphatic rings. The fraction of sp³-hybridized carbons (Fsp3) is 0.412. The summed E-state index contributed by atoms with van der Waals surface area (Å²) in [5.41, 5.74) is 0.656. The van der Waals surface area contributed by atoms with Crippen LogP contribution < -0.4 is 10.6 Å². The number of aromatic carboxylic acids is 1. The highest BCUT2D eigenvalue weighted by Crippen LogP contribution is 2.09. The van der Waals surface area contributed by atoms with E-state index in [0.29, 0.717) is 5.56 Å². The zero-order chi connectivity index (χ0) is 19.1. The van der Waals surface area contributed by atoms with E-state index in [2.05, 4.69) is 10.6 Å². The second-order valence-electron chi connectivity index (χ2n) is 6.03. The molecule has 0 radical (unpaired) electrons. The quantitative estimate of drug-likeness (QED) is 0.544. The summed E-state index contributed by atoms with van der Waals surface area (Å²) in [7, 11) is 0. The van der Waals surface area contributed by atoms with Crippen molar-refractivity contribution in [3.8, 4) is 0 Å². The third-order valence-corrected chi connectivity index (χ3v) is 3.56. The number of carbonyl (C=O) groups is 4. The number of carboxylic acids is 2. The Hall–Kier alpha value is -2.90. The van der Waals surface area contributed by atoms with Crippen molar-refractivity contribution in [3.63, 3.8) is 0 Å². The van der Waals surface area contributed by atoms with E-state index in [-0.39, 0.29) is 23.8 Å². The molecule has 0 unspecified atom stereocenters. The number of rotatable bonds is 8. The van der Waals surface area contributed by atoms with E-state index in [0.717, 1.165) is 0 Å². The molecule has 8 nitrogen and oxygen atoms in total. The van der Waals surface area contributed by atoms with Crippen molar-refractivity contribution in [1.29, 1.82) is 0 Å². The fourth-order valence-electron chi connectivity index (χ4n) is 2.23. The van der Waals surface area contributed by atoms with Crippen molar-refractivity contribution in [1.82, 2.24) is 10.6 Å². The highest BCUT2D eigenvalue weighted by molar-refractivity contribution is 5.90. The SMILES string of the molecule is CC(=O)N[C@@H](C(=O)N[C@H](Cc1ccc(C(=O)O)cc1)C(=O)O)C(C)C. The molecule has 0 saturated carbocycles. The van der Waals surface area contributed by atoms with Gasteiger partial charge in [0.15, 0.2) is 0 Å². The van der Waals surface area contributed by atoms with Crippen LogP contribution in [0.5, 0.6) is 0 Å². The molecule has 1 aromatic rings. The largest absolute Gasteiger partial charge is 0.480 e. The molecule has 4 N–H and O–H groups in total. The van der Waals surface area contributed by atoms with E-state index in [9.17, 15) is 24.3 Å². The van der Waals surface area contributed by atoms with Crippen LogP contribution in [0.25, 0.3) is 0 Å². The van der Waals surface area contributed by atoms with Gasteiger partial charge in [-0.05, 0) is 23.6 Å². The molecule has 25 heavy (non-hydrogen) atoms. The smallest absolute Gasteiger partial charge is 0.335 e. The Labute approximate surface area is 145 Å². The number of amides is 2. The van der Waals surface area contributed by atoms with Crippen molar-refractivity contribution >= 4 is 23.8 Å². The van der Waals surface area contributed by atoms with Gasteiger partial charge in [-0.25, -0.2) is 9.59 Å². The van der Waals surface area contributed by atoms with Crippen molar-refractivity contribution < 1.29 is 29.4 Å². The van der Waals surface area contributed by atoms with Crippen LogP contribution in [0.2, 0.25) is 0 Å².